The SMILES string of the molecule is CC(C)(C)c1cc2n(n1)C(c1cc(F)cc(F)c1)CCN2. The van der Waals surface area contributed by atoms with Gasteiger partial charge in [0.25, 0.3) is 0 Å². The Kier molecular flexibility index (Phi) is 3.23. The molecule has 1 atom stereocenters. The number of halogens is 2. The minimum Gasteiger partial charge on any atom is -0.370 e. The lowest BCUT2D eigenvalue weighted by Crippen LogP contribution is -2.25. The van der Waals surface area contributed by atoms with E-state index in [4.69, 9.17) is 0 Å². The van der Waals surface area contributed by atoms with Gasteiger partial charge in [-0.1, -0.05) is 20.8 Å². The lowest BCUT2D eigenvalue weighted by Gasteiger charge is -2.26. The number of rotatable bonds is 1. The van der Waals surface area contributed by atoms with Gasteiger partial charge in [-0.3, -0.25) is 0 Å². The molecule has 2 heterocycles. The van der Waals surface area contributed by atoms with Crippen LogP contribution in [-0.2, 0) is 5.41 Å². The maximum Gasteiger partial charge on any atom is 0.126 e. The molecule has 1 aromatic carbocycles. The first kappa shape index (κ1) is 14.0. The van der Waals surface area contributed by atoms with Gasteiger partial charge in [0.2, 0.25) is 0 Å². The van der Waals surface area contributed by atoms with Crippen molar-refractivity contribution in [2.45, 2.75) is 38.6 Å². The molecule has 0 bridgehead atoms. The van der Waals surface area contributed by atoms with Crippen LogP contribution < -0.4 is 5.32 Å². The number of fused-ring (bicyclic) bond motifs is 1. The van der Waals surface area contributed by atoms with Crippen LogP contribution in [0.1, 0.15) is 44.5 Å². The molecule has 112 valence electrons. The molecule has 0 saturated carbocycles. The highest BCUT2D eigenvalue weighted by Gasteiger charge is 2.27. The summed E-state index contributed by atoms with van der Waals surface area (Å²) in [5.41, 5.74) is 1.52. The van der Waals surface area contributed by atoms with Gasteiger partial charge < -0.3 is 5.32 Å². The van der Waals surface area contributed by atoms with E-state index in [0.29, 0.717) is 5.56 Å². The zero-order chi connectivity index (χ0) is 15.2. The van der Waals surface area contributed by atoms with Gasteiger partial charge in [-0.2, -0.15) is 5.10 Å². The summed E-state index contributed by atoms with van der Waals surface area (Å²) >= 11 is 0. The number of hydrogen-bond donors (Lipinski definition) is 1. The molecule has 0 saturated heterocycles. The van der Waals surface area contributed by atoms with E-state index in [-0.39, 0.29) is 11.5 Å². The van der Waals surface area contributed by atoms with Crippen molar-refractivity contribution in [3.8, 4) is 0 Å². The van der Waals surface area contributed by atoms with Gasteiger partial charge in [0, 0.05) is 24.1 Å². The summed E-state index contributed by atoms with van der Waals surface area (Å²) in [5.74, 6) is -0.192. The molecule has 0 spiro atoms. The standard InChI is InChI=1S/C16H19F2N3/c1-16(2,3)14-9-15-19-5-4-13(21(15)20-14)10-6-11(17)8-12(18)7-10/h6-9,13,19H,4-5H2,1-3H3. The molecule has 1 N–H and O–H groups in total. The topological polar surface area (TPSA) is 29.9 Å². The largest absolute Gasteiger partial charge is 0.370 e. The molecule has 3 rings (SSSR count). The third-order valence-corrected chi connectivity index (χ3v) is 3.79. The summed E-state index contributed by atoms with van der Waals surface area (Å²) in [6.45, 7) is 7.05. The molecule has 0 aliphatic carbocycles. The second kappa shape index (κ2) is 4.83. The van der Waals surface area contributed by atoms with Crippen LogP contribution >= 0.6 is 0 Å². The second-order valence-corrected chi connectivity index (χ2v) is 6.54. The van der Waals surface area contributed by atoms with Crippen LogP contribution in [-0.4, -0.2) is 16.3 Å². The van der Waals surface area contributed by atoms with E-state index >= 15 is 0 Å². The highest BCUT2D eigenvalue weighted by Crippen LogP contribution is 2.33. The quantitative estimate of drug-likeness (QED) is 0.864. The molecule has 0 radical (unpaired) electrons. The van der Waals surface area contributed by atoms with Crippen LogP contribution in [0.3, 0.4) is 0 Å². The Bertz CT molecular complexity index is 650. The second-order valence-electron chi connectivity index (χ2n) is 6.54. The van der Waals surface area contributed by atoms with Crippen molar-refractivity contribution < 1.29 is 8.78 Å². The Morgan fingerprint density at radius 1 is 1.14 bits per heavy atom. The van der Waals surface area contributed by atoms with Gasteiger partial charge in [-0.05, 0) is 24.1 Å². The van der Waals surface area contributed by atoms with E-state index in [2.05, 4.69) is 31.2 Å². The summed E-state index contributed by atoms with van der Waals surface area (Å²) in [5, 5.41) is 7.95. The Morgan fingerprint density at radius 2 is 1.81 bits per heavy atom. The summed E-state index contributed by atoms with van der Waals surface area (Å²) in [4.78, 5) is 0. The van der Waals surface area contributed by atoms with Gasteiger partial charge >= 0.3 is 0 Å². The molecule has 1 aliphatic rings. The van der Waals surface area contributed by atoms with E-state index < -0.39 is 11.6 Å². The molecule has 1 aromatic heterocycles. The third-order valence-electron chi connectivity index (χ3n) is 3.79. The highest BCUT2D eigenvalue weighted by molar-refractivity contribution is 5.43. The van der Waals surface area contributed by atoms with Gasteiger partial charge in [0.1, 0.15) is 17.5 Å². The maximum absolute atomic E-state index is 13.5. The summed E-state index contributed by atoms with van der Waals surface area (Å²) in [6, 6.07) is 5.56. The molecule has 5 heteroatoms. The van der Waals surface area contributed by atoms with Crippen molar-refractivity contribution in [1.29, 1.82) is 0 Å². The van der Waals surface area contributed by atoms with Crippen LogP contribution in [0.4, 0.5) is 14.6 Å². The van der Waals surface area contributed by atoms with Crippen LogP contribution in [0.25, 0.3) is 0 Å². The minimum absolute atomic E-state index is 0.0657. The van der Waals surface area contributed by atoms with Crippen LogP contribution in [0.15, 0.2) is 24.3 Å². The third kappa shape index (κ3) is 2.64. The van der Waals surface area contributed by atoms with Crippen molar-refractivity contribution in [3.05, 3.63) is 47.2 Å². The van der Waals surface area contributed by atoms with Gasteiger partial charge in [-0.25, -0.2) is 13.5 Å². The normalized spacial score (nSPS) is 18.2. The number of hydrogen-bond acceptors (Lipinski definition) is 2. The van der Waals surface area contributed by atoms with Gasteiger partial charge in [0.15, 0.2) is 0 Å². The van der Waals surface area contributed by atoms with Crippen molar-refractivity contribution in [2.24, 2.45) is 0 Å². The molecule has 21 heavy (non-hydrogen) atoms. The first-order valence-electron chi connectivity index (χ1n) is 7.14. The smallest absolute Gasteiger partial charge is 0.126 e. The number of anilines is 1. The van der Waals surface area contributed by atoms with E-state index in [1.807, 2.05) is 10.7 Å². The number of nitrogens with one attached hydrogen (secondary N) is 1. The average Bonchev–Trinajstić information content (AvgIpc) is 2.80. The van der Waals surface area contributed by atoms with E-state index in [1.54, 1.807) is 0 Å². The van der Waals surface area contributed by atoms with Crippen molar-refractivity contribution in [2.75, 3.05) is 11.9 Å². The number of nitrogens with zero attached hydrogens (tertiary/aromatic N) is 2. The first-order valence-corrected chi connectivity index (χ1v) is 7.14. The Labute approximate surface area is 123 Å². The molecular weight excluding hydrogens is 272 g/mol. The van der Waals surface area contributed by atoms with Gasteiger partial charge in [0.05, 0.1) is 11.7 Å². The van der Waals surface area contributed by atoms with Crippen molar-refractivity contribution >= 4 is 5.82 Å². The van der Waals surface area contributed by atoms with E-state index in [1.165, 1.54) is 12.1 Å². The molecule has 1 aliphatic heterocycles. The predicted molar refractivity (Wildman–Crippen MR) is 78.5 cm³/mol. The fourth-order valence-electron chi connectivity index (χ4n) is 2.67. The van der Waals surface area contributed by atoms with Crippen LogP contribution in [0, 0.1) is 11.6 Å². The fraction of sp³-hybridized carbons (Fsp3) is 0.438. The highest BCUT2D eigenvalue weighted by atomic mass is 19.1. The fourth-order valence-corrected chi connectivity index (χ4v) is 2.67. The molecule has 2 aromatic rings. The lowest BCUT2D eigenvalue weighted by molar-refractivity contribution is 0.457. The Morgan fingerprint density at radius 3 is 2.43 bits per heavy atom. The van der Waals surface area contributed by atoms with Crippen molar-refractivity contribution in [3.63, 3.8) is 0 Å². The van der Waals surface area contributed by atoms with Crippen molar-refractivity contribution in [1.82, 2.24) is 9.78 Å². The van der Waals surface area contributed by atoms with Crippen LogP contribution in [0.5, 0.6) is 0 Å². The van der Waals surface area contributed by atoms with E-state index in [0.717, 1.165) is 30.5 Å². The number of benzene rings is 1. The summed E-state index contributed by atoms with van der Waals surface area (Å²) < 4.78 is 28.8. The molecule has 1 unspecified atom stereocenters. The zero-order valence-corrected chi connectivity index (χ0v) is 12.5. The average molecular weight is 291 g/mol. The molecule has 0 amide bonds. The van der Waals surface area contributed by atoms with E-state index in [9.17, 15) is 8.78 Å². The first-order chi connectivity index (χ1) is 9.84. The predicted octanol–water partition coefficient (Wildman–Crippen LogP) is 3.86. The number of aromatic nitrogens is 2. The molecular formula is C16H19F2N3. The Balaban J connectivity index is 2.06. The monoisotopic (exact) mass is 291 g/mol. The molecule has 3 nitrogen and oxygen atoms in total. The minimum atomic E-state index is -0.548. The lowest BCUT2D eigenvalue weighted by atomic mass is 9.92. The zero-order valence-electron chi connectivity index (χ0n) is 12.5. The Hall–Kier alpha value is -1.91. The molecule has 0 fully saturated rings. The summed E-state index contributed by atoms with van der Waals surface area (Å²) in [6.07, 6.45) is 0.751. The maximum atomic E-state index is 13.5. The van der Waals surface area contributed by atoms with Gasteiger partial charge in [-0.15, -0.1) is 0 Å². The van der Waals surface area contributed by atoms with Crippen LogP contribution in [0.2, 0.25) is 0 Å². The summed E-state index contributed by atoms with van der Waals surface area (Å²) in [7, 11) is 0.